The minimum Gasteiger partial charge on any atom is -0.482 e. The predicted molar refractivity (Wildman–Crippen MR) is 58.2 cm³/mol. The molecule has 6 heteroatoms. The molecule has 1 aliphatic rings. The van der Waals surface area contributed by atoms with Crippen molar-refractivity contribution < 1.29 is 14.3 Å². The summed E-state index contributed by atoms with van der Waals surface area (Å²) in [5.41, 5.74) is 6.35. The van der Waals surface area contributed by atoms with Crippen molar-refractivity contribution in [2.24, 2.45) is 0 Å². The zero-order chi connectivity index (χ0) is 11.0. The van der Waals surface area contributed by atoms with Crippen LogP contribution in [0.25, 0.3) is 0 Å². The number of nitrogens with two attached hydrogens (primary N) is 1. The van der Waals surface area contributed by atoms with Crippen molar-refractivity contribution in [2.75, 3.05) is 17.2 Å². The fourth-order valence-electron chi connectivity index (χ4n) is 1.38. The molecule has 0 atom stereocenters. The Balaban J connectivity index is 2.55. The highest BCUT2D eigenvalue weighted by atomic mass is 32.1. The molecule has 0 radical (unpaired) electrons. The lowest BCUT2D eigenvalue weighted by Gasteiger charge is -2.26. The first-order valence-corrected chi connectivity index (χ1v) is 4.62. The van der Waals surface area contributed by atoms with E-state index >= 15 is 0 Å². The Morgan fingerprint density at radius 2 is 2.27 bits per heavy atom. The SMILES string of the molecule is Nc1ccc2c(c1)N(C(=O)S)C(=O)CO2. The Bertz CT molecular complexity index is 447. The maximum Gasteiger partial charge on any atom is 0.290 e. The van der Waals surface area contributed by atoms with E-state index in [2.05, 4.69) is 12.6 Å². The summed E-state index contributed by atoms with van der Waals surface area (Å²) >= 11 is 3.63. The van der Waals surface area contributed by atoms with Gasteiger partial charge >= 0.3 is 0 Å². The summed E-state index contributed by atoms with van der Waals surface area (Å²) in [5, 5.41) is -0.643. The second-order valence-electron chi connectivity index (χ2n) is 3.03. The Morgan fingerprint density at radius 3 is 2.93 bits per heavy atom. The van der Waals surface area contributed by atoms with Crippen molar-refractivity contribution in [1.29, 1.82) is 0 Å². The quantitative estimate of drug-likeness (QED) is 0.510. The van der Waals surface area contributed by atoms with Gasteiger partial charge in [0, 0.05) is 5.69 Å². The van der Waals surface area contributed by atoms with Gasteiger partial charge < -0.3 is 10.5 Å². The van der Waals surface area contributed by atoms with Crippen LogP contribution in [0.5, 0.6) is 5.75 Å². The number of hydrogen-bond acceptors (Lipinski definition) is 4. The largest absolute Gasteiger partial charge is 0.482 e. The number of fused-ring (bicyclic) bond motifs is 1. The summed E-state index contributed by atoms with van der Waals surface area (Å²) in [4.78, 5) is 23.5. The number of carbonyl (C=O) groups excluding carboxylic acids is 2. The molecule has 15 heavy (non-hydrogen) atoms. The van der Waals surface area contributed by atoms with E-state index in [1.54, 1.807) is 12.1 Å². The van der Waals surface area contributed by atoms with Crippen LogP contribution < -0.4 is 15.4 Å². The van der Waals surface area contributed by atoms with Crippen LogP contribution in [-0.2, 0) is 4.79 Å². The number of rotatable bonds is 0. The van der Waals surface area contributed by atoms with Gasteiger partial charge in [-0.3, -0.25) is 9.59 Å². The van der Waals surface area contributed by atoms with Crippen LogP contribution in [0.1, 0.15) is 0 Å². The van der Waals surface area contributed by atoms with Crippen LogP contribution in [0.4, 0.5) is 16.2 Å². The molecular weight excluding hydrogens is 216 g/mol. The van der Waals surface area contributed by atoms with Crippen molar-refractivity contribution in [1.82, 2.24) is 0 Å². The van der Waals surface area contributed by atoms with Gasteiger partial charge in [-0.05, 0) is 18.2 Å². The molecule has 0 saturated heterocycles. The summed E-state index contributed by atoms with van der Waals surface area (Å²) in [6, 6.07) is 4.75. The zero-order valence-electron chi connectivity index (χ0n) is 7.64. The van der Waals surface area contributed by atoms with Crippen molar-refractivity contribution in [2.45, 2.75) is 0 Å². The standard InChI is InChI=1S/C9H8N2O3S/c10-5-1-2-7-6(3-5)11(9(13)15)8(12)4-14-7/h1-3H,4,10H2,(H,13,15). The van der Waals surface area contributed by atoms with E-state index in [0.29, 0.717) is 17.1 Å². The number of hydrogen-bond donors (Lipinski definition) is 2. The van der Waals surface area contributed by atoms with Crippen LogP contribution in [0, 0.1) is 0 Å². The second kappa shape index (κ2) is 3.47. The van der Waals surface area contributed by atoms with Gasteiger partial charge in [-0.1, -0.05) is 12.6 Å². The number of benzene rings is 1. The predicted octanol–water partition coefficient (Wildman–Crippen LogP) is 1.04. The summed E-state index contributed by atoms with van der Waals surface area (Å²) in [7, 11) is 0. The first-order chi connectivity index (χ1) is 7.09. The molecule has 0 aliphatic carbocycles. The van der Waals surface area contributed by atoms with E-state index < -0.39 is 11.1 Å². The third-order valence-corrected chi connectivity index (χ3v) is 2.22. The molecule has 2 N–H and O–H groups in total. The number of amides is 2. The average molecular weight is 224 g/mol. The molecule has 0 saturated carbocycles. The van der Waals surface area contributed by atoms with Crippen molar-refractivity contribution in [3.8, 4) is 5.75 Å². The van der Waals surface area contributed by atoms with Crippen LogP contribution in [-0.4, -0.2) is 17.8 Å². The highest BCUT2D eigenvalue weighted by Gasteiger charge is 2.29. The van der Waals surface area contributed by atoms with E-state index in [4.69, 9.17) is 10.5 Å². The minimum absolute atomic E-state index is 0.163. The van der Waals surface area contributed by atoms with Gasteiger partial charge in [0.1, 0.15) is 5.75 Å². The number of imide groups is 1. The number of nitrogen functional groups attached to an aromatic ring is 1. The van der Waals surface area contributed by atoms with E-state index in [9.17, 15) is 9.59 Å². The normalized spacial score (nSPS) is 14.5. The number of thiol groups is 1. The Kier molecular flexibility index (Phi) is 2.28. The minimum atomic E-state index is -0.643. The zero-order valence-corrected chi connectivity index (χ0v) is 8.53. The van der Waals surface area contributed by atoms with Gasteiger partial charge in [0.15, 0.2) is 6.61 Å². The topological polar surface area (TPSA) is 72.6 Å². The molecule has 2 amide bonds. The molecule has 5 nitrogen and oxygen atoms in total. The Hall–Kier alpha value is -1.69. The van der Waals surface area contributed by atoms with Gasteiger partial charge in [0.25, 0.3) is 11.1 Å². The van der Waals surface area contributed by atoms with Gasteiger partial charge in [0.05, 0.1) is 5.69 Å². The number of carbonyl (C=O) groups is 2. The lowest BCUT2D eigenvalue weighted by molar-refractivity contribution is -0.120. The van der Waals surface area contributed by atoms with E-state index in [0.717, 1.165) is 4.90 Å². The maximum absolute atomic E-state index is 11.4. The third kappa shape index (κ3) is 1.63. The summed E-state index contributed by atoms with van der Waals surface area (Å²) in [5.74, 6) is -0.000648. The average Bonchev–Trinajstić information content (AvgIpc) is 2.16. The molecule has 0 aromatic heterocycles. The van der Waals surface area contributed by atoms with Crippen molar-refractivity contribution in [3.05, 3.63) is 18.2 Å². The number of nitrogens with zero attached hydrogens (tertiary/aromatic N) is 1. The van der Waals surface area contributed by atoms with Crippen LogP contribution in [0.15, 0.2) is 18.2 Å². The fourth-order valence-corrected chi connectivity index (χ4v) is 1.60. The molecule has 0 bridgehead atoms. The Labute approximate surface area is 91.2 Å². The lowest BCUT2D eigenvalue weighted by atomic mass is 10.2. The molecule has 0 spiro atoms. The van der Waals surface area contributed by atoms with Crippen molar-refractivity contribution in [3.63, 3.8) is 0 Å². The summed E-state index contributed by atoms with van der Waals surface area (Å²) in [6.45, 7) is -0.163. The first-order valence-electron chi connectivity index (χ1n) is 4.18. The molecule has 1 aliphatic heterocycles. The lowest BCUT2D eigenvalue weighted by Crippen LogP contribution is -2.40. The highest BCUT2D eigenvalue weighted by molar-refractivity contribution is 7.97. The highest BCUT2D eigenvalue weighted by Crippen LogP contribution is 2.34. The van der Waals surface area contributed by atoms with E-state index in [-0.39, 0.29) is 6.61 Å². The molecule has 2 rings (SSSR count). The van der Waals surface area contributed by atoms with Gasteiger partial charge in [-0.15, -0.1) is 0 Å². The monoisotopic (exact) mass is 224 g/mol. The molecule has 0 fully saturated rings. The van der Waals surface area contributed by atoms with Crippen LogP contribution in [0.2, 0.25) is 0 Å². The third-order valence-electron chi connectivity index (χ3n) is 2.02. The van der Waals surface area contributed by atoms with Crippen LogP contribution >= 0.6 is 12.6 Å². The fraction of sp³-hybridized carbons (Fsp3) is 0.111. The van der Waals surface area contributed by atoms with Gasteiger partial charge in [-0.25, -0.2) is 4.90 Å². The molecular formula is C9H8N2O3S. The summed E-state index contributed by atoms with van der Waals surface area (Å²) in [6.07, 6.45) is 0. The number of anilines is 2. The van der Waals surface area contributed by atoms with Crippen LogP contribution in [0.3, 0.4) is 0 Å². The Morgan fingerprint density at radius 1 is 1.53 bits per heavy atom. The smallest absolute Gasteiger partial charge is 0.290 e. The van der Waals surface area contributed by atoms with Crippen molar-refractivity contribution >= 4 is 35.1 Å². The van der Waals surface area contributed by atoms with E-state index in [1.165, 1.54) is 6.07 Å². The molecule has 0 unspecified atom stereocenters. The molecule has 1 aromatic rings. The van der Waals surface area contributed by atoms with E-state index in [1.807, 2.05) is 0 Å². The number of ether oxygens (including phenoxy) is 1. The molecule has 1 aromatic carbocycles. The molecule has 78 valence electrons. The maximum atomic E-state index is 11.4. The molecule has 1 heterocycles. The first kappa shape index (κ1) is 9.85. The summed E-state index contributed by atoms with van der Waals surface area (Å²) < 4.78 is 5.14. The van der Waals surface area contributed by atoms with Gasteiger partial charge in [0.2, 0.25) is 0 Å². The van der Waals surface area contributed by atoms with Gasteiger partial charge in [-0.2, -0.15) is 0 Å². The second-order valence-corrected chi connectivity index (χ2v) is 3.41.